The maximum Gasteiger partial charge on any atom is 0.0894 e. The van der Waals surface area contributed by atoms with E-state index < -0.39 is 0 Å². The van der Waals surface area contributed by atoms with Crippen LogP contribution in [-0.4, -0.2) is 19.9 Å². The fraction of sp³-hybridized carbons (Fsp3) is 0.842. The van der Waals surface area contributed by atoms with Crippen molar-refractivity contribution >= 4 is 0 Å². The van der Waals surface area contributed by atoms with Gasteiger partial charge >= 0.3 is 0 Å². The van der Waals surface area contributed by atoms with Crippen LogP contribution >= 0.6 is 0 Å². The molecule has 0 spiro atoms. The van der Waals surface area contributed by atoms with Gasteiger partial charge in [0.05, 0.1) is 12.8 Å². The van der Waals surface area contributed by atoms with Gasteiger partial charge in [-0.2, -0.15) is 0 Å². The zero-order chi connectivity index (χ0) is 28.0. The van der Waals surface area contributed by atoms with Crippen molar-refractivity contribution in [3.63, 3.8) is 0 Å². The van der Waals surface area contributed by atoms with E-state index in [2.05, 4.69) is 31.2 Å². The third kappa shape index (κ3) is 10.4. The zero-order valence-corrected chi connectivity index (χ0v) is 26.4. The molecule has 0 saturated heterocycles. The Morgan fingerprint density at radius 2 is 1.10 bits per heavy atom. The Kier molecular flexibility index (Phi) is 14.4. The van der Waals surface area contributed by atoms with Crippen LogP contribution in [0.4, 0.5) is 4.39 Å². The normalized spacial score (nSPS) is 30.3. The van der Waals surface area contributed by atoms with Gasteiger partial charge in [-0.25, -0.2) is 0 Å². The minimum Gasteiger partial charge on any atom is -0.382 e. The van der Waals surface area contributed by atoms with Crippen LogP contribution in [0, 0.1) is 35.5 Å². The summed E-state index contributed by atoms with van der Waals surface area (Å²) in [4.78, 5) is 0. The highest BCUT2D eigenvalue weighted by Crippen LogP contribution is 2.46. The summed E-state index contributed by atoms with van der Waals surface area (Å²) in [7, 11) is 1.83. The van der Waals surface area contributed by atoms with E-state index in [1.54, 1.807) is 11.1 Å². The summed E-state index contributed by atoms with van der Waals surface area (Å²) in [6, 6.07) is 9.23. The molecule has 0 aromatic heterocycles. The molecule has 3 aliphatic carbocycles. The molecule has 0 N–H and O–H groups in total. The maximum absolute atomic E-state index is 12.3. The van der Waals surface area contributed by atoms with Gasteiger partial charge in [-0.05, 0) is 143 Å². The minimum atomic E-state index is -0.125. The van der Waals surface area contributed by atoms with Crippen LogP contribution < -0.4 is 0 Å². The minimum absolute atomic E-state index is 0.125. The third-order valence-electron chi connectivity index (χ3n) is 11.8. The molecule has 40 heavy (non-hydrogen) atoms. The second-order valence-electron chi connectivity index (χ2n) is 14.4. The molecule has 2 heteroatoms. The number of aryl methyl sites for hydroxylation is 2. The molecule has 1 unspecified atom stereocenters. The van der Waals surface area contributed by atoms with E-state index >= 15 is 0 Å². The predicted octanol–water partition coefficient (Wildman–Crippen LogP) is 11.3. The zero-order valence-electron chi connectivity index (χ0n) is 26.4. The van der Waals surface area contributed by atoms with E-state index in [9.17, 15) is 4.39 Å². The van der Waals surface area contributed by atoms with Crippen molar-refractivity contribution in [1.82, 2.24) is 0 Å². The number of hydrogen-bond acceptors (Lipinski definition) is 1. The first-order valence-electron chi connectivity index (χ1n) is 17.8. The summed E-state index contributed by atoms with van der Waals surface area (Å²) in [5, 5.41) is 0. The van der Waals surface area contributed by atoms with E-state index in [0.29, 0.717) is 6.10 Å². The van der Waals surface area contributed by atoms with Gasteiger partial charge in [-0.15, -0.1) is 0 Å². The number of rotatable bonds is 16. The van der Waals surface area contributed by atoms with Crippen molar-refractivity contribution in [3.05, 3.63) is 35.4 Å². The fourth-order valence-electron chi connectivity index (χ4n) is 8.97. The van der Waals surface area contributed by atoms with Crippen LogP contribution in [0.25, 0.3) is 0 Å². The Hall–Kier alpha value is -0.890. The van der Waals surface area contributed by atoms with Crippen LogP contribution in [0.5, 0.6) is 0 Å². The first kappa shape index (κ1) is 32.0. The molecule has 1 atom stereocenters. The van der Waals surface area contributed by atoms with Gasteiger partial charge in [0, 0.05) is 7.11 Å². The topological polar surface area (TPSA) is 9.23 Å². The van der Waals surface area contributed by atoms with Crippen LogP contribution in [0.15, 0.2) is 24.3 Å². The molecule has 3 aliphatic rings. The number of ether oxygens (including phenoxy) is 1. The van der Waals surface area contributed by atoms with Gasteiger partial charge in [-0.3, -0.25) is 4.39 Å². The maximum atomic E-state index is 12.3. The molecular weight excluding hydrogens is 491 g/mol. The molecule has 4 rings (SSSR count). The second-order valence-corrected chi connectivity index (χ2v) is 14.4. The first-order valence-corrected chi connectivity index (χ1v) is 17.8. The Labute approximate surface area is 247 Å². The average Bonchev–Trinajstić information content (AvgIpc) is 3.01. The molecule has 1 aromatic carbocycles. The van der Waals surface area contributed by atoms with Crippen LogP contribution in [0.2, 0.25) is 0 Å². The molecule has 3 saturated carbocycles. The number of methoxy groups -OCH3 is 1. The van der Waals surface area contributed by atoms with Gasteiger partial charge in [0.25, 0.3) is 0 Å². The third-order valence-corrected chi connectivity index (χ3v) is 11.8. The lowest BCUT2D eigenvalue weighted by Crippen LogP contribution is -2.29. The summed E-state index contributed by atoms with van der Waals surface area (Å²) in [6.45, 7) is 2.06. The molecule has 0 heterocycles. The number of benzene rings is 1. The standard InChI is InChI=1S/C38H63FO/c1-30(40-2)10-9-14-33-12-6-7-13-34(33)20-17-32-18-23-36(24-19-32)38-27-25-37(26-28-38)35-21-15-31(16-22-35)11-5-3-4-8-29-39/h6-7,12-13,30-32,35-38H,3-5,8-11,14-29H2,1-2H3/t30?,31-,32-,35-,36-,37-,38-. The van der Waals surface area contributed by atoms with Gasteiger partial charge in [0.15, 0.2) is 0 Å². The van der Waals surface area contributed by atoms with Gasteiger partial charge in [0.2, 0.25) is 0 Å². The van der Waals surface area contributed by atoms with Crippen LogP contribution in [0.3, 0.4) is 0 Å². The molecule has 0 bridgehead atoms. The molecule has 0 aliphatic heterocycles. The van der Waals surface area contributed by atoms with Crippen molar-refractivity contribution in [2.75, 3.05) is 13.8 Å². The summed E-state index contributed by atoms with van der Waals surface area (Å²) >= 11 is 0. The highest BCUT2D eigenvalue weighted by molar-refractivity contribution is 5.27. The largest absolute Gasteiger partial charge is 0.382 e. The molecule has 3 fully saturated rings. The molecule has 1 aromatic rings. The monoisotopic (exact) mass is 554 g/mol. The lowest BCUT2D eigenvalue weighted by molar-refractivity contribution is 0.102. The smallest absolute Gasteiger partial charge is 0.0894 e. The number of alkyl halides is 1. The van der Waals surface area contributed by atoms with Crippen molar-refractivity contribution in [2.24, 2.45) is 35.5 Å². The Balaban J connectivity index is 1.09. The average molecular weight is 555 g/mol. The predicted molar refractivity (Wildman–Crippen MR) is 170 cm³/mol. The number of halogens is 1. The SMILES string of the molecule is COC(C)CCCc1ccccc1CC[C@H]1CC[C@H]([C@H]2CC[C@H]([C@H]3CC[C@H](CCCCCCF)CC3)CC2)CC1. The summed E-state index contributed by atoms with van der Waals surface area (Å²) < 4.78 is 17.7. The lowest BCUT2D eigenvalue weighted by Gasteiger charge is -2.41. The lowest BCUT2D eigenvalue weighted by atomic mass is 9.64. The second kappa shape index (κ2) is 17.9. The van der Waals surface area contributed by atoms with Crippen molar-refractivity contribution in [1.29, 1.82) is 0 Å². The van der Waals surface area contributed by atoms with E-state index in [-0.39, 0.29) is 6.67 Å². The van der Waals surface area contributed by atoms with Crippen molar-refractivity contribution < 1.29 is 9.13 Å². The fourth-order valence-corrected chi connectivity index (χ4v) is 8.97. The quantitative estimate of drug-likeness (QED) is 0.185. The van der Waals surface area contributed by atoms with E-state index in [1.807, 2.05) is 7.11 Å². The van der Waals surface area contributed by atoms with Crippen molar-refractivity contribution in [2.45, 2.75) is 154 Å². The highest BCUT2D eigenvalue weighted by Gasteiger charge is 2.34. The molecule has 0 amide bonds. The Bertz CT molecular complexity index is 782. The van der Waals surface area contributed by atoms with Gasteiger partial charge in [-0.1, -0.05) is 75.6 Å². The van der Waals surface area contributed by atoms with Gasteiger partial charge < -0.3 is 4.74 Å². The molecular formula is C38H63FO. The van der Waals surface area contributed by atoms with Crippen LogP contribution in [-0.2, 0) is 17.6 Å². The number of hydrogen-bond donors (Lipinski definition) is 0. The molecule has 228 valence electrons. The van der Waals surface area contributed by atoms with Gasteiger partial charge in [0.1, 0.15) is 0 Å². The van der Waals surface area contributed by atoms with E-state index in [4.69, 9.17) is 4.74 Å². The summed E-state index contributed by atoms with van der Waals surface area (Å²) in [5.74, 6) is 6.06. The van der Waals surface area contributed by atoms with Crippen LogP contribution in [0.1, 0.15) is 146 Å². The highest BCUT2D eigenvalue weighted by atomic mass is 19.1. The Morgan fingerprint density at radius 1 is 0.625 bits per heavy atom. The Morgan fingerprint density at radius 3 is 1.62 bits per heavy atom. The summed E-state index contributed by atoms with van der Waals surface area (Å²) in [5.41, 5.74) is 3.19. The van der Waals surface area contributed by atoms with Crippen molar-refractivity contribution in [3.8, 4) is 0 Å². The van der Waals surface area contributed by atoms with E-state index in [1.165, 1.54) is 122 Å². The summed E-state index contributed by atoms with van der Waals surface area (Å²) in [6.07, 6.45) is 30.6. The molecule has 0 radical (unpaired) electrons. The van der Waals surface area contributed by atoms with E-state index in [0.717, 1.165) is 54.8 Å². The number of unbranched alkanes of at least 4 members (excludes halogenated alkanes) is 3. The first-order chi connectivity index (χ1) is 19.7. The molecule has 1 nitrogen and oxygen atoms in total.